The molecule has 2 aromatic rings. The third-order valence-corrected chi connectivity index (χ3v) is 2.13. The van der Waals surface area contributed by atoms with E-state index in [1.807, 2.05) is 24.3 Å². The van der Waals surface area contributed by atoms with Crippen LogP contribution >= 0.6 is 0 Å². The van der Waals surface area contributed by atoms with Crippen LogP contribution < -0.4 is 5.73 Å². The lowest BCUT2D eigenvalue weighted by Gasteiger charge is -2.02. The Bertz CT molecular complexity index is 552. The molecule has 3 heteroatoms. The summed E-state index contributed by atoms with van der Waals surface area (Å²) in [5.74, 6) is 5.95. The molecule has 0 spiro atoms. The summed E-state index contributed by atoms with van der Waals surface area (Å²) >= 11 is 0. The molecule has 1 aromatic carbocycles. The van der Waals surface area contributed by atoms with Crippen LogP contribution in [0.2, 0.25) is 0 Å². The SMILES string of the molecule is Nc1ncc(C#CCO)c2ccccc12. The first kappa shape index (κ1) is 9.50. The molecule has 3 N–H and O–H groups in total. The van der Waals surface area contributed by atoms with Gasteiger partial charge in [0.25, 0.3) is 0 Å². The van der Waals surface area contributed by atoms with Crippen molar-refractivity contribution in [3.05, 3.63) is 36.0 Å². The fourth-order valence-corrected chi connectivity index (χ4v) is 1.45. The highest BCUT2D eigenvalue weighted by molar-refractivity contribution is 5.94. The first-order valence-electron chi connectivity index (χ1n) is 4.56. The van der Waals surface area contributed by atoms with Crippen molar-refractivity contribution < 1.29 is 5.11 Å². The lowest BCUT2D eigenvalue weighted by atomic mass is 10.1. The van der Waals surface area contributed by atoms with E-state index in [1.54, 1.807) is 6.20 Å². The number of pyridine rings is 1. The molecule has 15 heavy (non-hydrogen) atoms. The number of nitrogens with two attached hydrogens (primary N) is 1. The number of anilines is 1. The van der Waals surface area contributed by atoms with Crippen LogP contribution in [0.3, 0.4) is 0 Å². The topological polar surface area (TPSA) is 59.1 Å². The third kappa shape index (κ3) is 1.76. The van der Waals surface area contributed by atoms with Crippen LogP contribution in [0, 0.1) is 11.8 Å². The molecule has 0 aliphatic rings. The Labute approximate surface area is 87.6 Å². The molecular weight excluding hydrogens is 188 g/mol. The maximum absolute atomic E-state index is 8.64. The van der Waals surface area contributed by atoms with Crippen LogP contribution in [0.5, 0.6) is 0 Å². The largest absolute Gasteiger partial charge is 0.384 e. The van der Waals surface area contributed by atoms with Gasteiger partial charge in [0.1, 0.15) is 12.4 Å². The maximum Gasteiger partial charge on any atom is 0.131 e. The third-order valence-electron chi connectivity index (χ3n) is 2.13. The molecule has 2 rings (SSSR count). The quantitative estimate of drug-likeness (QED) is 0.624. The van der Waals surface area contributed by atoms with Gasteiger partial charge in [-0.15, -0.1) is 0 Å². The minimum Gasteiger partial charge on any atom is -0.384 e. The maximum atomic E-state index is 8.64. The Hall–Kier alpha value is -2.05. The average Bonchev–Trinajstić information content (AvgIpc) is 2.29. The van der Waals surface area contributed by atoms with Crippen LogP contribution in [0.1, 0.15) is 5.56 Å². The van der Waals surface area contributed by atoms with Crippen LogP contribution in [-0.4, -0.2) is 16.7 Å². The summed E-state index contributed by atoms with van der Waals surface area (Å²) in [6.45, 7) is -0.154. The fourth-order valence-electron chi connectivity index (χ4n) is 1.45. The van der Waals surface area contributed by atoms with Gasteiger partial charge in [-0.2, -0.15) is 0 Å². The summed E-state index contributed by atoms with van der Waals surface area (Å²) in [7, 11) is 0. The standard InChI is InChI=1S/C12H10N2O/c13-12-11-6-2-1-5-10(11)9(8-14-12)4-3-7-15/h1-2,5-6,8,15H,7H2,(H2,13,14). The van der Waals surface area contributed by atoms with E-state index in [4.69, 9.17) is 10.8 Å². The predicted octanol–water partition coefficient (Wildman–Crippen LogP) is 1.16. The second-order valence-corrected chi connectivity index (χ2v) is 3.06. The second-order valence-electron chi connectivity index (χ2n) is 3.06. The number of nitrogen functional groups attached to an aromatic ring is 1. The molecule has 1 heterocycles. The van der Waals surface area contributed by atoms with Gasteiger partial charge in [-0.25, -0.2) is 4.98 Å². The van der Waals surface area contributed by atoms with Crippen molar-refractivity contribution in [2.45, 2.75) is 0 Å². The summed E-state index contributed by atoms with van der Waals surface area (Å²) in [6.07, 6.45) is 1.63. The molecule has 1 aromatic heterocycles. The van der Waals surface area contributed by atoms with Gasteiger partial charge in [0, 0.05) is 17.0 Å². The van der Waals surface area contributed by atoms with Gasteiger partial charge >= 0.3 is 0 Å². The highest BCUT2D eigenvalue weighted by Gasteiger charge is 2.01. The van der Waals surface area contributed by atoms with E-state index in [9.17, 15) is 0 Å². The molecule has 3 nitrogen and oxygen atoms in total. The van der Waals surface area contributed by atoms with Crippen molar-refractivity contribution in [2.75, 3.05) is 12.3 Å². The van der Waals surface area contributed by atoms with Crippen molar-refractivity contribution in [3.8, 4) is 11.8 Å². The Morgan fingerprint density at radius 2 is 2.00 bits per heavy atom. The second kappa shape index (κ2) is 3.99. The lowest BCUT2D eigenvalue weighted by molar-refractivity contribution is 0.350. The average molecular weight is 198 g/mol. The number of aliphatic hydroxyl groups excluding tert-OH is 1. The van der Waals surface area contributed by atoms with Gasteiger partial charge < -0.3 is 10.8 Å². The van der Waals surface area contributed by atoms with Crippen molar-refractivity contribution in [1.82, 2.24) is 4.98 Å². The van der Waals surface area contributed by atoms with E-state index < -0.39 is 0 Å². The van der Waals surface area contributed by atoms with Gasteiger partial charge in [0.15, 0.2) is 0 Å². The zero-order valence-corrected chi connectivity index (χ0v) is 8.07. The van der Waals surface area contributed by atoms with E-state index in [2.05, 4.69) is 16.8 Å². The highest BCUT2D eigenvalue weighted by Crippen LogP contribution is 2.21. The van der Waals surface area contributed by atoms with Crippen molar-refractivity contribution in [1.29, 1.82) is 0 Å². The zero-order valence-electron chi connectivity index (χ0n) is 8.07. The van der Waals surface area contributed by atoms with Crippen molar-refractivity contribution in [3.63, 3.8) is 0 Å². The number of benzene rings is 1. The Morgan fingerprint density at radius 1 is 1.27 bits per heavy atom. The molecule has 0 aliphatic heterocycles. The van der Waals surface area contributed by atoms with E-state index in [0.717, 1.165) is 16.3 Å². The van der Waals surface area contributed by atoms with E-state index in [0.29, 0.717) is 5.82 Å². The van der Waals surface area contributed by atoms with Gasteiger partial charge in [0.05, 0.1) is 5.56 Å². The molecule has 0 radical (unpaired) electrons. The molecular formula is C12H10N2O. The van der Waals surface area contributed by atoms with E-state index in [-0.39, 0.29) is 6.61 Å². The molecule has 0 saturated heterocycles. The smallest absolute Gasteiger partial charge is 0.131 e. The van der Waals surface area contributed by atoms with E-state index >= 15 is 0 Å². The lowest BCUT2D eigenvalue weighted by Crippen LogP contribution is -1.93. The summed E-state index contributed by atoms with van der Waals surface area (Å²) in [6, 6.07) is 7.67. The van der Waals surface area contributed by atoms with Crippen LogP contribution in [-0.2, 0) is 0 Å². The number of rotatable bonds is 0. The minimum absolute atomic E-state index is 0.154. The Kier molecular flexibility index (Phi) is 2.53. The molecule has 0 atom stereocenters. The molecule has 0 fully saturated rings. The van der Waals surface area contributed by atoms with Gasteiger partial charge in [0.2, 0.25) is 0 Å². The van der Waals surface area contributed by atoms with Crippen LogP contribution in [0.15, 0.2) is 30.5 Å². The summed E-state index contributed by atoms with van der Waals surface area (Å²) < 4.78 is 0. The highest BCUT2D eigenvalue weighted by atomic mass is 16.2. The summed E-state index contributed by atoms with van der Waals surface area (Å²) in [5.41, 5.74) is 6.53. The molecule has 0 amide bonds. The number of aromatic nitrogens is 1. The van der Waals surface area contributed by atoms with Gasteiger partial charge in [-0.05, 0) is 0 Å². The molecule has 0 saturated carbocycles. The summed E-state index contributed by atoms with van der Waals surface area (Å²) in [4.78, 5) is 4.05. The first-order chi connectivity index (χ1) is 7.33. The number of fused-ring (bicyclic) bond motifs is 1. The number of hydrogen-bond acceptors (Lipinski definition) is 3. The van der Waals surface area contributed by atoms with Gasteiger partial charge in [-0.3, -0.25) is 0 Å². The van der Waals surface area contributed by atoms with Gasteiger partial charge in [-0.1, -0.05) is 36.1 Å². The summed E-state index contributed by atoms with van der Waals surface area (Å²) in [5, 5.41) is 10.5. The Morgan fingerprint density at radius 3 is 2.73 bits per heavy atom. The number of hydrogen-bond donors (Lipinski definition) is 2. The zero-order chi connectivity index (χ0) is 10.7. The normalized spacial score (nSPS) is 9.67. The van der Waals surface area contributed by atoms with E-state index in [1.165, 1.54) is 0 Å². The first-order valence-corrected chi connectivity index (χ1v) is 4.56. The van der Waals surface area contributed by atoms with Crippen LogP contribution in [0.4, 0.5) is 5.82 Å². The fraction of sp³-hybridized carbons (Fsp3) is 0.0833. The Balaban J connectivity index is 2.72. The van der Waals surface area contributed by atoms with Crippen molar-refractivity contribution in [2.24, 2.45) is 0 Å². The number of nitrogens with zero attached hydrogens (tertiary/aromatic N) is 1. The van der Waals surface area contributed by atoms with Crippen LogP contribution in [0.25, 0.3) is 10.8 Å². The predicted molar refractivity (Wildman–Crippen MR) is 60.1 cm³/mol. The molecule has 0 bridgehead atoms. The monoisotopic (exact) mass is 198 g/mol. The molecule has 0 aliphatic carbocycles. The van der Waals surface area contributed by atoms with Crippen molar-refractivity contribution >= 4 is 16.6 Å². The number of aliphatic hydroxyl groups is 1. The minimum atomic E-state index is -0.154. The molecule has 0 unspecified atom stereocenters. The molecule has 74 valence electrons.